The van der Waals surface area contributed by atoms with Crippen LogP contribution < -0.4 is 0 Å². The zero-order chi connectivity index (χ0) is 18.8. The van der Waals surface area contributed by atoms with Gasteiger partial charge in [0.1, 0.15) is 12.3 Å². The molecular formula is C18H22N2O5. The Labute approximate surface area is 146 Å². The summed E-state index contributed by atoms with van der Waals surface area (Å²) in [6.07, 6.45) is 3.21. The van der Waals surface area contributed by atoms with Gasteiger partial charge in [-0.3, -0.25) is 9.69 Å². The van der Waals surface area contributed by atoms with Crippen molar-refractivity contribution in [2.24, 2.45) is 0 Å². The number of amides is 3. The fourth-order valence-electron chi connectivity index (χ4n) is 1.94. The first-order valence-electron chi connectivity index (χ1n) is 7.84. The highest BCUT2D eigenvalue weighted by Gasteiger charge is 2.29. The third-order valence-electron chi connectivity index (χ3n) is 3.48. The minimum Gasteiger partial charge on any atom is -0.464 e. The van der Waals surface area contributed by atoms with Gasteiger partial charge in [0.25, 0.3) is 5.91 Å². The average Bonchev–Trinajstić information content (AvgIpc) is 2.63. The lowest BCUT2D eigenvalue weighted by Crippen LogP contribution is -2.50. The standard InChI is InChI=1S/C18H22N2O5/c1-4-25-17(23)14(2)19(3)18(24)20(12-13-21)16(22)11-10-15-8-6-5-7-9-15/h5-11,13-14H,4,12H2,1-3H3/b11-10+. The maximum Gasteiger partial charge on any atom is 0.328 e. The van der Waals surface area contributed by atoms with Gasteiger partial charge in [-0.2, -0.15) is 0 Å². The number of benzene rings is 1. The lowest BCUT2D eigenvalue weighted by atomic mass is 10.2. The fraction of sp³-hybridized carbons (Fsp3) is 0.333. The van der Waals surface area contributed by atoms with Crippen LogP contribution in [0.4, 0.5) is 4.79 Å². The zero-order valence-corrected chi connectivity index (χ0v) is 14.5. The summed E-state index contributed by atoms with van der Waals surface area (Å²) in [5.41, 5.74) is 0.780. The molecular weight excluding hydrogens is 324 g/mol. The largest absolute Gasteiger partial charge is 0.464 e. The Kier molecular flexibility index (Phi) is 8.05. The fourth-order valence-corrected chi connectivity index (χ4v) is 1.94. The van der Waals surface area contributed by atoms with Crippen LogP contribution in [-0.4, -0.2) is 60.2 Å². The number of esters is 1. The third-order valence-corrected chi connectivity index (χ3v) is 3.48. The molecule has 1 atom stereocenters. The van der Waals surface area contributed by atoms with Gasteiger partial charge < -0.3 is 14.4 Å². The summed E-state index contributed by atoms with van der Waals surface area (Å²) in [7, 11) is 1.37. The van der Waals surface area contributed by atoms with E-state index in [1.807, 2.05) is 18.2 Å². The number of likely N-dealkylation sites (N-methyl/N-ethyl adjacent to an activating group) is 1. The molecule has 25 heavy (non-hydrogen) atoms. The van der Waals surface area contributed by atoms with Gasteiger partial charge in [-0.05, 0) is 25.5 Å². The number of carbonyl (C=O) groups is 4. The van der Waals surface area contributed by atoms with Crippen molar-refractivity contribution in [2.75, 3.05) is 20.2 Å². The van der Waals surface area contributed by atoms with E-state index in [0.717, 1.165) is 15.4 Å². The summed E-state index contributed by atoms with van der Waals surface area (Å²) in [6, 6.07) is 7.42. The molecule has 0 aliphatic heterocycles. The van der Waals surface area contributed by atoms with Crippen molar-refractivity contribution in [3.8, 4) is 0 Å². The van der Waals surface area contributed by atoms with Crippen LogP contribution in [0.3, 0.4) is 0 Å². The van der Waals surface area contributed by atoms with Gasteiger partial charge in [-0.25, -0.2) is 9.59 Å². The van der Waals surface area contributed by atoms with Gasteiger partial charge in [0, 0.05) is 13.1 Å². The smallest absolute Gasteiger partial charge is 0.328 e. The Hall–Kier alpha value is -2.96. The van der Waals surface area contributed by atoms with E-state index in [-0.39, 0.29) is 6.61 Å². The van der Waals surface area contributed by atoms with Gasteiger partial charge in [0.05, 0.1) is 13.2 Å². The Morgan fingerprint density at radius 3 is 2.40 bits per heavy atom. The number of urea groups is 1. The van der Waals surface area contributed by atoms with Crippen LogP contribution >= 0.6 is 0 Å². The monoisotopic (exact) mass is 346 g/mol. The Bertz CT molecular complexity index is 642. The quantitative estimate of drug-likeness (QED) is 0.426. The van der Waals surface area contributed by atoms with E-state index < -0.39 is 30.5 Å². The van der Waals surface area contributed by atoms with Crippen LogP contribution in [0.15, 0.2) is 36.4 Å². The van der Waals surface area contributed by atoms with Crippen LogP contribution in [0.25, 0.3) is 6.08 Å². The number of aldehydes is 1. The zero-order valence-electron chi connectivity index (χ0n) is 14.5. The molecule has 0 saturated carbocycles. The van der Waals surface area contributed by atoms with E-state index in [2.05, 4.69) is 0 Å². The first kappa shape index (κ1) is 20.1. The van der Waals surface area contributed by atoms with Crippen molar-refractivity contribution < 1.29 is 23.9 Å². The molecule has 3 amide bonds. The number of hydrogen-bond acceptors (Lipinski definition) is 5. The molecule has 1 rings (SSSR count). The maximum atomic E-state index is 12.5. The van der Waals surface area contributed by atoms with Crippen molar-refractivity contribution in [1.29, 1.82) is 0 Å². The Morgan fingerprint density at radius 2 is 1.84 bits per heavy atom. The molecule has 0 N–H and O–H groups in total. The lowest BCUT2D eigenvalue weighted by molar-refractivity contribution is -0.147. The molecule has 1 unspecified atom stereocenters. The van der Waals surface area contributed by atoms with Gasteiger partial charge in [0.15, 0.2) is 0 Å². The number of ether oxygens (including phenoxy) is 1. The van der Waals surface area contributed by atoms with Crippen molar-refractivity contribution in [3.05, 3.63) is 42.0 Å². The number of nitrogens with zero attached hydrogens (tertiary/aromatic N) is 2. The Balaban J connectivity index is 2.88. The lowest BCUT2D eigenvalue weighted by Gasteiger charge is -2.28. The Morgan fingerprint density at radius 1 is 1.20 bits per heavy atom. The minimum absolute atomic E-state index is 0.183. The van der Waals surface area contributed by atoms with Crippen LogP contribution in [0, 0.1) is 0 Å². The van der Waals surface area contributed by atoms with Gasteiger partial charge in [-0.15, -0.1) is 0 Å². The van der Waals surface area contributed by atoms with E-state index >= 15 is 0 Å². The van der Waals surface area contributed by atoms with E-state index in [1.165, 1.54) is 20.0 Å². The number of carbonyl (C=O) groups excluding carboxylic acids is 4. The van der Waals surface area contributed by atoms with E-state index in [9.17, 15) is 19.2 Å². The predicted octanol–water partition coefficient (Wildman–Crippen LogP) is 1.73. The van der Waals surface area contributed by atoms with E-state index in [1.54, 1.807) is 25.1 Å². The molecule has 7 heteroatoms. The predicted molar refractivity (Wildman–Crippen MR) is 92.5 cm³/mol. The van der Waals surface area contributed by atoms with Gasteiger partial charge >= 0.3 is 12.0 Å². The van der Waals surface area contributed by atoms with Crippen LogP contribution in [-0.2, 0) is 19.1 Å². The summed E-state index contributed by atoms with van der Waals surface area (Å²) < 4.78 is 4.86. The summed E-state index contributed by atoms with van der Waals surface area (Å²) in [6.45, 7) is 2.92. The third kappa shape index (κ3) is 5.87. The highest BCUT2D eigenvalue weighted by Crippen LogP contribution is 2.07. The van der Waals surface area contributed by atoms with Crippen molar-refractivity contribution in [1.82, 2.24) is 9.80 Å². The molecule has 0 radical (unpaired) electrons. The summed E-state index contributed by atoms with van der Waals surface area (Å²) in [4.78, 5) is 49.2. The molecule has 1 aromatic rings. The number of hydrogen-bond donors (Lipinski definition) is 0. The molecule has 134 valence electrons. The molecule has 0 fully saturated rings. The van der Waals surface area contributed by atoms with Crippen molar-refractivity contribution >= 4 is 30.3 Å². The van der Waals surface area contributed by atoms with E-state index in [4.69, 9.17) is 4.74 Å². The molecule has 1 aromatic carbocycles. The molecule has 0 aliphatic carbocycles. The second-order valence-corrected chi connectivity index (χ2v) is 5.18. The molecule has 0 saturated heterocycles. The van der Waals surface area contributed by atoms with Crippen LogP contribution in [0.5, 0.6) is 0 Å². The second kappa shape index (κ2) is 10.0. The molecule has 0 heterocycles. The summed E-state index contributed by atoms with van der Waals surface area (Å²) in [5, 5.41) is 0. The van der Waals surface area contributed by atoms with Crippen molar-refractivity contribution in [3.63, 3.8) is 0 Å². The molecule has 0 aliphatic rings. The minimum atomic E-state index is -0.882. The van der Waals surface area contributed by atoms with Gasteiger partial charge in [0.2, 0.25) is 0 Å². The van der Waals surface area contributed by atoms with E-state index in [0.29, 0.717) is 6.29 Å². The van der Waals surface area contributed by atoms with Gasteiger partial charge in [-0.1, -0.05) is 30.3 Å². The SMILES string of the molecule is CCOC(=O)C(C)N(C)C(=O)N(CC=O)C(=O)/C=C/c1ccccc1. The number of imide groups is 1. The molecule has 7 nitrogen and oxygen atoms in total. The average molecular weight is 346 g/mol. The van der Waals surface area contributed by atoms with Crippen LogP contribution in [0.1, 0.15) is 19.4 Å². The second-order valence-electron chi connectivity index (χ2n) is 5.18. The molecule has 0 bridgehead atoms. The normalized spacial score (nSPS) is 11.6. The topological polar surface area (TPSA) is 84.0 Å². The first-order chi connectivity index (χ1) is 11.9. The molecule has 0 spiro atoms. The highest BCUT2D eigenvalue weighted by molar-refractivity contribution is 6.04. The first-order valence-corrected chi connectivity index (χ1v) is 7.84. The molecule has 0 aromatic heterocycles. The van der Waals surface area contributed by atoms with Crippen LogP contribution in [0.2, 0.25) is 0 Å². The van der Waals surface area contributed by atoms with Crippen molar-refractivity contribution in [2.45, 2.75) is 19.9 Å². The highest BCUT2D eigenvalue weighted by atomic mass is 16.5. The number of rotatable bonds is 7. The summed E-state index contributed by atoms with van der Waals surface area (Å²) in [5.74, 6) is -1.24. The maximum absolute atomic E-state index is 12.5. The summed E-state index contributed by atoms with van der Waals surface area (Å²) >= 11 is 0.